The summed E-state index contributed by atoms with van der Waals surface area (Å²) in [5.41, 5.74) is 2.92. The molecule has 0 bridgehead atoms. The number of carbonyl (C=O) groups is 1. The SMILES string of the molecule is CCCOc1ccc(NC(=O)Cc2c(O)n(-c3ccccc3)c(=S)n2CCc2ccc(Cl)cc2)cc1. The smallest absolute Gasteiger partial charge is 0.230 e. The molecule has 0 aliphatic rings. The molecule has 36 heavy (non-hydrogen) atoms. The van der Waals surface area contributed by atoms with Gasteiger partial charge in [-0.15, -0.1) is 0 Å². The summed E-state index contributed by atoms with van der Waals surface area (Å²) in [6, 6.07) is 24.2. The Balaban J connectivity index is 1.58. The standard InChI is InChI=1S/C28H28ClN3O3S/c1-2-18-35-24-14-12-22(13-15-24)30-26(33)19-25-27(34)32(23-6-4-3-5-7-23)28(36)31(25)17-16-20-8-10-21(29)11-9-20/h3-15,34H,2,16-19H2,1H3,(H,30,33). The number of aromatic nitrogens is 2. The minimum absolute atomic E-state index is 0.0377. The highest BCUT2D eigenvalue weighted by Gasteiger charge is 2.21. The largest absolute Gasteiger partial charge is 0.494 e. The maximum absolute atomic E-state index is 13.0. The first-order chi connectivity index (χ1) is 17.5. The van der Waals surface area contributed by atoms with Crippen LogP contribution in [-0.4, -0.2) is 26.8 Å². The molecule has 0 fully saturated rings. The summed E-state index contributed by atoms with van der Waals surface area (Å²) < 4.78 is 9.45. The number of para-hydroxylation sites is 1. The third kappa shape index (κ3) is 6.17. The van der Waals surface area contributed by atoms with Gasteiger partial charge in [0.25, 0.3) is 0 Å². The fraction of sp³-hybridized carbons (Fsp3) is 0.214. The lowest BCUT2D eigenvalue weighted by molar-refractivity contribution is -0.115. The number of aromatic hydroxyl groups is 1. The zero-order chi connectivity index (χ0) is 25.5. The average molecular weight is 522 g/mol. The number of nitrogens with one attached hydrogen (secondary N) is 1. The molecule has 1 heterocycles. The number of hydrogen-bond acceptors (Lipinski definition) is 4. The van der Waals surface area contributed by atoms with Gasteiger partial charge < -0.3 is 19.7 Å². The van der Waals surface area contributed by atoms with E-state index in [1.807, 2.05) is 78.2 Å². The van der Waals surface area contributed by atoms with Gasteiger partial charge in [0, 0.05) is 17.3 Å². The van der Waals surface area contributed by atoms with E-state index in [0.717, 1.165) is 23.4 Å². The van der Waals surface area contributed by atoms with Crippen LogP contribution in [0.3, 0.4) is 0 Å². The van der Waals surface area contributed by atoms with Crippen LogP contribution in [0.15, 0.2) is 78.9 Å². The van der Waals surface area contributed by atoms with Gasteiger partial charge in [0.1, 0.15) is 5.75 Å². The number of amides is 1. The second-order valence-corrected chi connectivity index (χ2v) is 9.15. The molecule has 186 valence electrons. The molecule has 1 amide bonds. The normalized spacial score (nSPS) is 10.8. The van der Waals surface area contributed by atoms with Crippen LogP contribution in [0.1, 0.15) is 24.6 Å². The van der Waals surface area contributed by atoms with Crippen molar-refractivity contribution in [1.29, 1.82) is 0 Å². The van der Waals surface area contributed by atoms with Crippen molar-refractivity contribution in [2.24, 2.45) is 0 Å². The summed E-state index contributed by atoms with van der Waals surface area (Å²) >= 11 is 11.8. The number of carbonyl (C=O) groups excluding carboxylic acids is 1. The summed E-state index contributed by atoms with van der Waals surface area (Å²) in [5, 5.41) is 14.7. The molecule has 0 unspecified atom stereocenters. The van der Waals surface area contributed by atoms with Crippen LogP contribution in [-0.2, 0) is 24.2 Å². The van der Waals surface area contributed by atoms with Crippen molar-refractivity contribution >= 4 is 35.4 Å². The molecule has 4 rings (SSSR count). The van der Waals surface area contributed by atoms with E-state index in [2.05, 4.69) is 5.32 Å². The Labute approximate surface area is 220 Å². The summed E-state index contributed by atoms with van der Waals surface area (Å²) in [6.07, 6.45) is 1.55. The molecule has 0 spiro atoms. The lowest BCUT2D eigenvalue weighted by Crippen LogP contribution is -2.17. The highest BCUT2D eigenvalue weighted by molar-refractivity contribution is 7.71. The molecule has 2 N–H and O–H groups in total. The molecule has 0 aliphatic heterocycles. The number of imidazole rings is 1. The minimum atomic E-state index is -0.256. The Hall–Kier alpha value is -3.55. The van der Waals surface area contributed by atoms with Crippen molar-refractivity contribution in [2.75, 3.05) is 11.9 Å². The highest BCUT2D eigenvalue weighted by Crippen LogP contribution is 2.27. The summed E-state index contributed by atoms with van der Waals surface area (Å²) in [5.74, 6) is 0.456. The zero-order valence-corrected chi connectivity index (χ0v) is 21.6. The van der Waals surface area contributed by atoms with Crippen LogP contribution in [0, 0.1) is 4.77 Å². The Morgan fingerprint density at radius 2 is 1.72 bits per heavy atom. The minimum Gasteiger partial charge on any atom is -0.494 e. The lowest BCUT2D eigenvalue weighted by Gasteiger charge is -2.10. The first-order valence-corrected chi connectivity index (χ1v) is 12.6. The van der Waals surface area contributed by atoms with E-state index in [4.69, 9.17) is 28.6 Å². The third-order valence-corrected chi connectivity index (χ3v) is 6.36. The monoisotopic (exact) mass is 521 g/mol. The number of aryl methyl sites for hydroxylation is 1. The maximum Gasteiger partial charge on any atom is 0.230 e. The van der Waals surface area contributed by atoms with E-state index in [1.54, 1.807) is 16.7 Å². The van der Waals surface area contributed by atoms with Gasteiger partial charge in [0.05, 0.1) is 24.4 Å². The van der Waals surface area contributed by atoms with Crippen molar-refractivity contribution in [2.45, 2.75) is 32.7 Å². The van der Waals surface area contributed by atoms with Gasteiger partial charge in [-0.1, -0.05) is 48.9 Å². The second-order valence-electron chi connectivity index (χ2n) is 8.35. The number of benzene rings is 3. The predicted molar refractivity (Wildman–Crippen MR) is 146 cm³/mol. The summed E-state index contributed by atoms with van der Waals surface area (Å²) in [6.45, 7) is 3.19. The molecule has 4 aromatic rings. The average Bonchev–Trinajstić information content (AvgIpc) is 3.12. The predicted octanol–water partition coefficient (Wildman–Crippen LogP) is 6.58. The van der Waals surface area contributed by atoms with E-state index in [1.165, 1.54) is 0 Å². The lowest BCUT2D eigenvalue weighted by atomic mass is 10.1. The Kier molecular flexibility index (Phi) is 8.46. The molecular formula is C28H28ClN3O3S. The highest BCUT2D eigenvalue weighted by atomic mass is 35.5. The number of halogens is 1. The first kappa shape index (κ1) is 25.5. The molecular weight excluding hydrogens is 494 g/mol. The van der Waals surface area contributed by atoms with Gasteiger partial charge in [0.15, 0.2) is 4.77 Å². The molecule has 3 aromatic carbocycles. The van der Waals surface area contributed by atoms with E-state index in [0.29, 0.717) is 40.7 Å². The number of hydrogen-bond donors (Lipinski definition) is 2. The third-order valence-electron chi connectivity index (χ3n) is 5.71. The number of ether oxygens (including phenoxy) is 1. The summed E-state index contributed by atoms with van der Waals surface area (Å²) in [7, 11) is 0. The fourth-order valence-corrected chi connectivity index (χ4v) is 4.41. The van der Waals surface area contributed by atoms with Crippen LogP contribution in [0.5, 0.6) is 11.6 Å². The molecule has 0 saturated heterocycles. The van der Waals surface area contributed by atoms with Crippen LogP contribution in [0.4, 0.5) is 5.69 Å². The Bertz CT molecular complexity index is 1360. The Morgan fingerprint density at radius 1 is 1.03 bits per heavy atom. The number of rotatable bonds is 10. The molecule has 1 aromatic heterocycles. The van der Waals surface area contributed by atoms with Crippen molar-refractivity contribution in [3.05, 3.63) is 99.9 Å². The number of anilines is 1. The van der Waals surface area contributed by atoms with Gasteiger partial charge in [-0.3, -0.25) is 9.36 Å². The van der Waals surface area contributed by atoms with E-state index in [-0.39, 0.29) is 18.2 Å². The summed E-state index contributed by atoms with van der Waals surface area (Å²) in [4.78, 5) is 13.0. The topological polar surface area (TPSA) is 68.4 Å². The van der Waals surface area contributed by atoms with Gasteiger partial charge in [-0.05, 0) is 79.2 Å². The molecule has 0 aliphatic carbocycles. The van der Waals surface area contributed by atoms with Crippen LogP contribution in [0.25, 0.3) is 5.69 Å². The van der Waals surface area contributed by atoms with Crippen molar-refractivity contribution in [3.63, 3.8) is 0 Å². The Morgan fingerprint density at radius 3 is 2.39 bits per heavy atom. The number of nitrogens with zero attached hydrogens (tertiary/aromatic N) is 2. The van der Waals surface area contributed by atoms with Crippen LogP contribution in [0.2, 0.25) is 5.02 Å². The molecule has 0 saturated carbocycles. The molecule has 8 heteroatoms. The van der Waals surface area contributed by atoms with Gasteiger partial charge in [0.2, 0.25) is 11.8 Å². The molecule has 0 atom stereocenters. The van der Waals surface area contributed by atoms with Crippen molar-refractivity contribution < 1.29 is 14.6 Å². The van der Waals surface area contributed by atoms with Crippen LogP contribution >= 0.6 is 23.8 Å². The van der Waals surface area contributed by atoms with E-state index < -0.39 is 0 Å². The van der Waals surface area contributed by atoms with E-state index >= 15 is 0 Å². The van der Waals surface area contributed by atoms with E-state index in [9.17, 15) is 9.90 Å². The van der Waals surface area contributed by atoms with Crippen LogP contribution < -0.4 is 10.1 Å². The molecule has 6 nitrogen and oxygen atoms in total. The first-order valence-electron chi connectivity index (χ1n) is 11.8. The zero-order valence-electron chi connectivity index (χ0n) is 20.0. The second kappa shape index (κ2) is 11.9. The van der Waals surface area contributed by atoms with Gasteiger partial charge in [-0.2, -0.15) is 0 Å². The quantitative estimate of drug-likeness (QED) is 0.231. The maximum atomic E-state index is 13.0. The van der Waals surface area contributed by atoms with Crippen molar-refractivity contribution in [1.82, 2.24) is 9.13 Å². The van der Waals surface area contributed by atoms with Crippen molar-refractivity contribution in [3.8, 4) is 17.3 Å². The van der Waals surface area contributed by atoms with Gasteiger partial charge in [-0.25, -0.2) is 0 Å². The molecule has 0 radical (unpaired) electrons. The fourth-order valence-electron chi connectivity index (χ4n) is 3.90. The van der Waals surface area contributed by atoms with Gasteiger partial charge >= 0.3 is 0 Å².